The fourth-order valence-corrected chi connectivity index (χ4v) is 3.60. The Kier molecular flexibility index (Phi) is 4.22. The highest BCUT2D eigenvalue weighted by atomic mass is 16.5. The van der Waals surface area contributed by atoms with Crippen molar-refractivity contribution in [1.82, 2.24) is 10.6 Å². The lowest BCUT2D eigenvalue weighted by Gasteiger charge is -2.28. The first-order valence-electron chi connectivity index (χ1n) is 8.73. The van der Waals surface area contributed by atoms with Crippen LogP contribution < -0.4 is 20.1 Å². The zero-order chi connectivity index (χ0) is 17.2. The lowest BCUT2D eigenvalue weighted by Crippen LogP contribution is -2.45. The summed E-state index contributed by atoms with van der Waals surface area (Å²) in [5.41, 5.74) is 2.19. The van der Waals surface area contributed by atoms with Gasteiger partial charge in [-0.1, -0.05) is 36.4 Å². The third kappa shape index (κ3) is 3.14. The van der Waals surface area contributed by atoms with Crippen molar-refractivity contribution in [2.24, 2.45) is 0 Å². The van der Waals surface area contributed by atoms with Gasteiger partial charge in [-0.15, -0.1) is 0 Å². The summed E-state index contributed by atoms with van der Waals surface area (Å²) in [6.07, 6.45) is 0.772. The molecule has 4 rings (SSSR count). The van der Waals surface area contributed by atoms with E-state index in [-0.39, 0.29) is 24.0 Å². The summed E-state index contributed by atoms with van der Waals surface area (Å²) in [7, 11) is 0. The minimum absolute atomic E-state index is 0.0151. The molecule has 0 aliphatic carbocycles. The van der Waals surface area contributed by atoms with E-state index < -0.39 is 0 Å². The molecule has 2 aliphatic rings. The van der Waals surface area contributed by atoms with E-state index in [9.17, 15) is 4.79 Å². The predicted octanol–water partition coefficient (Wildman–Crippen LogP) is 3.37. The number of fused-ring (bicyclic) bond motifs is 2. The normalized spacial score (nSPS) is 22.0. The Hall–Kier alpha value is -2.69. The van der Waals surface area contributed by atoms with Crippen molar-refractivity contribution in [3.05, 3.63) is 59.7 Å². The van der Waals surface area contributed by atoms with E-state index in [1.54, 1.807) is 0 Å². The Morgan fingerprint density at radius 1 is 1.04 bits per heavy atom. The highest BCUT2D eigenvalue weighted by Gasteiger charge is 2.30. The topological polar surface area (TPSA) is 59.6 Å². The lowest BCUT2D eigenvalue weighted by atomic mass is 9.94. The molecule has 2 heterocycles. The molecule has 0 bridgehead atoms. The second kappa shape index (κ2) is 6.67. The van der Waals surface area contributed by atoms with Crippen LogP contribution >= 0.6 is 0 Å². The van der Waals surface area contributed by atoms with E-state index in [0.29, 0.717) is 13.2 Å². The van der Waals surface area contributed by atoms with Crippen LogP contribution in [0.1, 0.15) is 36.4 Å². The van der Waals surface area contributed by atoms with Crippen LogP contribution in [0.2, 0.25) is 0 Å². The zero-order valence-corrected chi connectivity index (χ0v) is 14.2. The smallest absolute Gasteiger partial charge is 0.315 e. The van der Waals surface area contributed by atoms with E-state index >= 15 is 0 Å². The summed E-state index contributed by atoms with van der Waals surface area (Å²) in [6.45, 7) is 3.23. The summed E-state index contributed by atoms with van der Waals surface area (Å²) in [6, 6.07) is 15.7. The van der Waals surface area contributed by atoms with Gasteiger partial charge < -0.3 is 20.1 Å². The van der Waals surface area contributed by atoms with Crippen LogP contribution in [0.5, 0.6) is 11.5 Å². The molecule has 2 amide bonds. The van der Waals surface area contributed by atoms with Crippen LogP contribution in [0.4, 0.5) is 4.79 Å². The Balaban J connectivity index is 1.40. The highest BCUT2D eigenvalue weighted by Crippen LogP contribution is 2.35. The zero-order valence-electron chi connectivity index (χ0n) is 14.2. The Morgan fingerprint density at radius 2 is 1.72 bits per heavy atom. The monoisotopic (exact) mass is 338 g/mol. The molecule has 0 fully saturated rings. The van der Waals surface area contributed by atoms with E-state index in [0.717, 1.165) is 29.0 Å². The molecule has 2 aromatic rings. The first-order chi connectivity index (χ1) is 12.2. The molecule has 25 heavy (non-hydrogen) atoms. The van der Waals surface area contributed by atoms with Crippen LogP contribution in [0, 0.1) is 0 Å². The van der Waals surface area contributed by atoms with Crippen LogP contribution in [0.3, 0.4) is 0 Å². The maximum Gasteiger partial charge on any atom is 0.315 e. The minimum atomic E-state index is -0.154. The molecule has 0 radical (unpaired) electrons. The van der Waals surface area contributed by atoms with Crippen molar-refractivity contribution < 1.29 is 14.3 Å². The number of urea groups is 1. The first kappa shape index (κ1) is 15.8. The lowest BCUT2D eigenvalue weighted by molar-refractivity contribution is 0.217. The van der Waals surface area contributed by atoms with Gasteiger partial charge in [0.2, 0.25) is 0 Å². The van der Waals surface area contributed by atoms with E-state index in [1.165, 1.54) is 0 Å². The molecule has 2 aliphatic heterocycles. The Labute approximate surface area is 147 Å². The van der Waals surface area contributed by atoms with Gasteiger partial charge in [-0.3, -0.25) is 0 Å². The number of hydrogen-bond acceptors (Lipinski definition) is 3. The van der Waals surface area contributed by atoms with Crippen molar-refractivity contribution in [2.75, 3.05) is 13.2 Å². The number of ether oxygens (including phenoxy) is 2. The molecule has 2 N–H and O–H groups in total. The number of carbonyl (C=O) groups excluding carboxylic acids is 1. The van der Waals surface area contributed by atoms with Crippen molar-refractivity contribution in [2.45, 2.75) is 31.3 Å². The summed E-state index contributed by atoms with van der Waals surface area (Å²) >= 11 is 0. The third-order valence-electron chi connectivity index (χ3n) is 4.96. The van der Waals surface area contributed by atoms with Gasteiger partial charge in [0.05, 0.1) is 19.3 Å². The molecule has 3 atom stereocenters. The van der Waals surface area contributed by atoms with E-state index in [2.05, 4.69) is 16.7 Å². The standard InChI is InChI=1S/C20H22N2O3/c1-13(16-12-25-18-8-4-2-6-14(16)18)21-20(23)22-17-10-11-24-19-9-5-3-7-15(17)19/h2-9,13,16-17H,10-12H2,1H3,(H2,21,22,23). The third-order valence-corrected chi connectivity index (χ3v) is 4.96. The SMILES string of the molecule is CC(NC(=O)NC1CCOc2ccccc21)C1COc2ccccc21. The molecule has 0 saturated carbocycles. The van der Waals surface area contributed by atoms with Gasteiger partial charge >= 0.3 is 6.03 Å². The van der Waals surface area contributed by atoms with Gasteiger partial charge in [0, 0.05) is 29.5 Å². The van der Waals surface area contributed by atoms with Gasteiger partial charge in [0.25, 0.3) is 0 Å². The molecule has 5 heteroatoms. The second-order valence-electron chi connectivity index (χ2n) is 6.59. The van der Waals surface area contributed by atoms with Gasteiger partial charge in [-0.25, -0.2) is 4.79 Å². The number of hydrogen-bond donors (Lipinski definition) is 2. The average molecular weight is 338 g/mol. The van der Waals surface area contributed by atoms with Crippen molar-refractivity contribution >= 4 is 6.03 Å². The number of benzene rings is 2. The fraction of sp³-hybridized carbons (Fsp3) is 0.350. The van der Waals surface area contributed by atoms with Crippen molar-refractivity contribution in [3.8, 4) is 11.5 Å². The average Bonchev–Trinajstić information content (AvgIpc) is 3.06. The predicted molar refractivity (Wildman–Crippen MR) is 95.1 cm³/mol. The number of carbonyl (C=O) groups is 1. The maximum atomic E-state index is 12.5. The maximum absolute atomic E-state index is 12.5. The Morgan fingerprint density at radius 3 is 2.52 bits per heavy atom. The number of nitrogens with one attached hydrogen (secondary N) is 2. The highest BCUT2D eigenvalue weighted by molar-refractivity contribution is 5.75. The van der Waals surface area contributed by atoms with Gasteiger partial charge in [-0.05, 0) is 19.1 Å². The molecular formula is C20H22N2O3. The molecule has 5 nitrogen and oxygen atoms in total. The van der Waals surface area contributed by atoms with E-state index in [1.807, 2.05) is 49.4 Å². The van der Waals surface area contributed by atoms with Gasteiger partial charge in [0.15, 0.2) is 0 Å². The molecule has 0 saturated heterocycles. The van der Waals surface area contributed by atoms with Crippen LogP contribution in [0.25, 0.3) is 0 Å². The number of rotatable bonds is 3. The quantitative estimate of drug-likeness (QED) is 0.902. The molecular weight excluding hydrogens is 316 g/mol. The summed E-state index contributed by atoms with van der Waals surface area (Å²) in [5, 5.41) is 6.15. The molecule has 0 spiro atoms. The van der Waals surface area contributed by atoms with Crippen LogP contribution in [-0.2, 0) is 0 Å². The first-order valence-corrected chi connectivity index (χ1v) is 8.73. The van der Waals surface area contributed by atoms with Crippen LogP contribution in [0.15, 0.2) is 48.5 Å². The summed E-state index contributed by atoms with van der Waals surface area (Å²) in [5.74, 6) is 1.94. The molecule has 0 aromatic heterocycles. The fourth-order valence-electron chi connectivity index (χ4n) is 3.60. The molecule has 3 unspecified atom stereocenters. The second-order valence-corrected chi connectivity index (χ2v) is 6.59. The van der Waals surface area contributed by atoms with Gasteiger partial charge in [0.1, 0.15) is 11.5 Å². The summed E-state index contributed by atoms with van der Waals surface area (Å²) in [4.78, 5) is 12.5. The van der Waals surface area contributed by atoms with Gasteiger partial charge in [-0.2, -0.15) is 0 Å². The molecule has 2 aromatic carbocycles. The summed E-state index contributed by atoms with van der Waals surface area (Å²) < 4.78 is 11.4. The molecule has 130 valence electrons. The number of para-hydroxylation sites is 2. The number of amides is 2. The largest absolute Gasteiger partial charge is 0.493 e. The van der Waals surface area contributed by atoms with Crippen LogP contribution in [-0.4, -0.2) is 25.3 Å². The van der Waals surface area contributed by atoms with Crippen molar-refractivity contribution in [3.63, 3.8) is 0 Å². The van der Waals surface area contributed by atoms with Crippen molar-refractivity contribution in [1.29, 1.82) is 0 Å². The minimum Gasteiger partial charge on any atom is -0.493 e. The van der Waals surface area contributed by atoms with E-state index in [4.69, 9.17) is 9.47 Å². The Bertz CT molecular complexity index is 777.